The zero-order valence-electron chi connectivity index (χ0n) is 9.84. The Morgan fingerprint density at radius 1 is 1.29 bits per heavy atom. The highest BCUT2D eigenvalue weighted by molar-refractivity contribution is 5.36. The van der Waals surface area contributed by atoms with E-state index in [0.29, 0.717) is 11.5 Å². The maximum Gasteiger partial charge on any atom is 0.126 e. The van der Waals surface area contributed by atoms with E-state index in [0.717, 1.165) is 31.7 Å². The van der Waals surface area contributed by atoms with Gasteiger partial charge in [0.1, 0.15) is 11.6 Å². The van der Waals surface area contributed by atoms with E-state index in [1.54, 1.807) is 0 Å². The second-order valence-corrected chi connectivity index (χ2v) is 4.91. The molecule has 1 fully saturated rings. The second kappa shape index (κ2) is 4.44. The molecule has 1 saturated carbocycles. The molecule has 1 nitrogen and oxygen atoms in total. The number of hydrogen-bond donors (Lipinski definition) is 0. The quantitative estimate of drug-likeness (QED) is 0.778. The van der Waals surface area contributed by atoms with E-state index in [9.17, 15) is 14.0 Å². The van der Waals surface area contributed by atoms with Gasteiger partial charge in [0.2, 0.25) is 0 Å². The van der Waals surface area contributed by atoms with Gasteiger partial charge >= 0.3 is 0 Å². The van der Waals surface area contributed by atoms with Crippen molar-refractivity contribution < 1.29 is 8.78 Å². The summed E-state index contributed by atoms with van der Waals surface area (Å²) < 4.78 is 26.3. The molecule has 0 saturated heterocycles. The zero-order valence-corrected chi connectivity index (χ0v) is 9.84. The lowest BCUT2D eigenvalue weighted by molar-refractivity contribution is 0.184. The first-order valence-corrected chi connectivity index (χ1v) is 5.97. The normalized spacial score (nSPS) is 27.3. The van der Waals surface area contributed by atoms with E-state index >= 15 is 0 Å². The molecular formula is C14H15F2N. The number of halogens is 2. The number of benzene rings is 1. The van der Waals surface area contributed by atoms with Crippen LogP contribution in [0, 0.1) is 28.9 Å². The monoisotopic (exact) mass is 235 g/mol. The van der Waals surface area contributed by atoms with Crippen LogP contribution in [0.3, 0.4) is 0 Å². The Kier molecular flexibility index (Phi) is 3.15. The van der Waals surface area contributed by atoms with Crippen LogP contribution < -0.4 is 0 Å². The van der Waals surface area contributed by atoms with Crippen molar-refractivity contribution in [2.75, 3.05) is 0 Å². The maximum atomic E-state index is 13.2. The molecule has 90 valence electrons. The van der Waals surface area contributed by atoms with Gasteiger partial charge in [-0.3, -0.25) is 0 Å². The molecule has 2 rings (SSSR count). The fourth-order valence-electron chi connectivity index (χ4n) is 2.76. The third-order valence-corrected chi connectivity index (χ3v) is 3.60. The molecule has 0 radical (unpaired) electrons. The van der Waals surface area contributed by atoms with E-state index < -0.39 is 17.0 Å². The van der Waals surface area contributed by atoms with E-state index in [1.807, 2.05) is 0 Å². The van der Waals surface area contributed by atoms with Gasteiger partial charge in [-0.05, 0) is 36.5 Å². The number of rotatable bonds is 3. The predicted molar refractivity (Wildman–Crippen MR) is 61.3 cm³/mol. The van der Waals surface area contributed by atoms with Crippen molar-refractivity contribution in [1.29, 1.82) is 5.26 Å². The molecule has 1 aliphatic rings. The van der Waals surface area contributed by atoms with Gasteiger partial charge < -0.3 is 0 Å². The van der Waals surface area contributed by atoms with Gasteiger partial charge in [0, 0.05) is 6.07 Å². The third kappa shape index (κ3) is 2.17. The van der Waals surface area contributed by atoms with Crippen molar-refractivity contribution in [3.05, 3.63) is 35.4 Å². The molecule has 0 N–H and O–H groups in total. The summed E-state index contributed by atoms with van der Waals surface area (Å²) in [4.78, 5) is 0. The molecule has 0 spiro atoms. The molecule has 1 aromatic carbocycles. The molecule has 1 aliphatic carbocycles. The summed E-state index contributed by atoms with van der Waals surface area (Å²) in [6, 6.07) is 5.66. The summed E-state index contributed by atoms with van der Waals surface area (Å²) in [5.74, 6) is -0.687. The maximum absolute atomic E-state index is 13.2. The van der Waals surface area contributed by atoms with Crippen molar-refractivity contribution in [3.8, 4) is 6.07 Å². The van der Waals surface area contributed by atoms with Crippen LogP contribution in [0.1, 0.15) is 38.2 Å². The summed E-state index contributed by atoms with van der Waals surface area (Å²) in [5.41, 5.74) is -0.173. The van der Waals surface area contributed by atoms with Gasteiger partial charge in [0.05, 0.1) is 11.5 Å². The fourth-order valence-corrected chi connectivity index (χ4v) is 2.76. The highest BCUT2D eigenvalue weighted by Gasteiger charge is 2.45. The minimum absolute atomic E-state index is 0.491. The highest BCUT2D eigenvalue weighted by atomic mass is 19.1. The molecule has 0 atom stereocenters. The SMILES string of the molecule is CCCC1CC(C#N)(c2cc(F)cc(F)c2)C1. The van der Waals surface area contributed by atoms with Crippen molar-refractivity contribution >= 4 is 0 Å². The van der Waals surface area contributed by atoms with Gasteiger partial charge in [-0.25, -0.2) is 8.78 Å². The van der Waals surface area contributed by atoms with Gasteiger partial charge in [-0.15, -0.1) is 0 Å². The molecule has 0 unspecified atom stereocenters. The summed E-state index contributed by atoms with van der Waals surface area (Å²) in [7, 11) is 0. The molecule has 0 amide bonds. The van der Waals surface area contributed by atoms with Crippen LogP contribution in [0.25, 0.3) is 0 Å². The Balaban J connectivity index is 2.23. The van der Waals surface area contributed by atoms with Crippen molar-refractivity contribution in [2.45, 2.75) is 38.0 Å². The number of nitrogens with zero attached hydrogens (tertiary/aromatic N) is 1. The first kappa shape index (κ1) is 12.0. The molecule has 17 heavy (non-hydrogen) atoms. The third-order valence-electron chi connectivity index (χ3n) is 3.60. The summed E-state index contributed by atoms with van der Waals surface area (Å²) in [5, 5.41) is 9.26. The lowest BCUT2D eigenvalue weighted by atomic mass is 9.58. The van der Waals surface area contributed by atoms with E-state index in [4.69, 9.17) is 0 Å². The Morgan fingerprint density at radius 3 is 2.35 bits per heavy atom. The van der Waals surface area contributed by atoms with Gasteiger partial charge in [-0.1, -0.05) is 19.8 Å². The Bertz CT molecular complexity index is 436. The van der Waals surface area contributed by atoms with Crippen LogP contribution >= 0.6 is 0 Å². The highest BCUT2D eigenvalue weighted by Crippen LogP contribution is 2.49. The van der Waals surface area contributed by atoms with Crippen LogP contribution in [-0.4, -0.2) is 0 Å². The van der Waals surface area contributed by atoms with Crippen LogP contribution in [0.4, 0.5) is 8.78 Å². The zero-order chi connectivity index (χ0) is 12.5. The molecule has 0 aliphatic heterocycles. The van der Waals surface area contributed by atoms with Gasteiger partial charge in [0.25, 0.3) is 0 Å². The van der Waals surface area contributed by atoms with Crippen molar-refractivity contribution in [3.63, 3.8) is 0 Å². The standard InChI is InChI=1S/C14H15F2N/c1-2-3-10-7-14(8-10,9-17)11-4-12(15)6-13(16)5-11/h4-6,10H,2-3,7-8H2,1H3. The van der Waals surface area contributed by atoms with Gasteiger partial charge in [-0.2, -0.15) is 5.26 Å². The number of hydrogen-bond acceptors (Lipinski definition) is 1. The average Bonchev–Trinajstić information content (AvgIpc) is 2.21. The summed E-state index contributed by atoms with van der Waals surface area (Å²) >= 11 is 0. The Hall–Kier alpha value is -1.43. The second-order valence-electron chi connectivity index (χ2n) is 4.91. The molecule has 0 heterocycles. The fraction of sp³-hybridized carbons (Fsp3) is 0.500. The Labute approximate surface area is 100 Å². The predicted octanol–water partition coefficient (Wildman–Crippen LogP) is 3.94. The molecule has 0 aromatic heterocycles. The number of nitriles is 1. The summed E-state index contributed by atoms with van der Waals surface area (Å²) in [6.45, 7) is 2.11. The van der Waals surface area contributed by atoms with E-state index in [-0.39, 0.29) is 0 Å². The van der Waals surface area contributed by atoms with Crippen LogP contribution in [0.15, 0.2) is 18.2 Å². The van der Waals surface area contributed by atoms with E-state index in [2.05, 4.69) is 13.0 Å². The largest absolute Gasteiger partial charge is 0.207 e. The lowest BCUT2D eigenvalue weighted by Crippen LogP contribution is -2.40. The van der Waals surface area contributed by atoms with Gasteiger partial charge in [0.15, 0.2) is 0 Å². The average molecular weight is 235 g/mol. The van der Waals surface area contributed by atoms with Crippen LogP contribution in [0.2, 0.25) is 0 Å². The van der Waals surface area contributed by atoms with Crippen LogP contribution in [-0.2, 0) is 5.41 Å². The molecular weight excluding hydrogens is 220 g/mol. The first-order chi connectivity index (χ1) is 8.09. The first-order valence-electron chi connectivity index (χ1n) is 5.97. The van der Waals surface area contributed by atoms with Crippen molar-refractivity contribution in [1.82, 2.24) is 0 Å². The Morgan fingerprint density at radius 2 is 1.88 bits per heavy atom. The minimum atomic E-state index is -0.664. The molecule has 3 heteroatoms. The summed E-state index contributed by atoms with van der Waals surface area (Å²) in [6.07, 6.45) is 3.62. The van der Waals surface area contributed by atoms with Crippen LogP contribution in [0.5, 0.6) is 0 Å². The van der Waals surface area contributed by atoms with Crippen molar-refractivity contribution in [2.24, 2.45) is 5.92 Å². The minimum Gasteiger partial charge on any atom is -0.207 e. The smallest absolute Gasteiger partial charge is 0.126 e. The topological polar surface area (TPSA) is 23.8 Å². The molecule has 0 bridgehead atoms. The molecule has 1 aromatic rings. The van der Waals surface area contributed by atoms with E-state index in [1.165, 1.54) is 12.1 Å². The lowest BCUT2D eigenvalue weighted by Gasteiger charge is -2.43.